The fraction of sp³-hybridized carbons (Fsp3) is 0.520. The van der Waals surface area contributed by atoms with E-state index < -0.39 is 0 Å². The molecular formula is C25H33N7O2. The van der Waals surface area contributed by atoms with Crippen LogP contribution in [0.25, 0.3) is 11.3 Å². The van der Waals surface area contributed by atoms with Gasteiger partial charge in [0, 0.05) is 48.8 Å². The topological polar surface area (TPSA) is 90.1 Å². The summed E-state index contributed by atoms with van der Waals surface area (Å²) < 4.78 is 8.62. The number of hydrogen-bond donors (Lipinski definition) is 1. The second kappa shape index (κ2) is 9.97. The van der Waals surface area contributed by atoms with E-state index in [1.54, 1.807) is 34.8 Å². The zero-order chi connectivity index (χ0) is 23.5. The summed E-state index contributed by atoms with van der Waals surface area (Å²) in [4.78, 5) is 19.5. The minimum Gasteiger partial charge on any atom is -0.495 e. The van der Waals surface area contributed by atoms with E-state index >= 15 is 0 Å². The highest BCUT2D eigenvalue weighted by molar-refractivity contribution is 5.58. The van der Waals surface area contributed by atoms with Crippen molar-refractivity contribution in [3.8, 4) is 17.0 Å². The molecule has 2 atom stereocenters. The van der Waals surface area contributed by atoms with E-state index in [0.717, 1.165) is 43.2 Å². The number of nitrogens with zero attached hydrogens (tertiary/aromatic N) is 6. The van der Waals surface area contributed by atoms with Gasteiger partial charge in [0.2, 0.25) is 0 Å². The Bertz CT molecular complexity index is 1170. The van der Waals surface area contributed by atoms with Crippen LogP contribution >= 0.6 is 0 Å². The predicted molar refractivity (Wildman–Crippen MR) is 131 cm³/mol. The Morgan fingerprint density at radius 1 is 1.21 bits per heavy atom. The average molecular weight is 464 g/mol. The van der Waals surface area contributed by atoms with Gasteiger partial charge in [-0.2, -0.15) is 0 Å². The molecule has 34 heavy (non-hydrogen) atoms. The van der Waals surface area contributed by atoms with Gasteiger partial charge < -0.3 is 15.0 Å². The normalized spacial score (nSPS) is 19.6. The second-order valence-corrected chi connectivity index (χ2v) is 9.45. The molecule has 0 radical (unpaired) electrons. The van der Waals surface area contributed by atoms with Gasteiger partial charge in [-0.05, 0) is 57.2 Å². The lowest BCUT2D eigenvalue weighted by Gasteiger charge is -2.36. The third-order valence-electron chi connectivity index (χ3n) is 7.18. The van der Waals surface area contributed by atoms with Gasteiger partial charge in [-0.3, -0.25) is 14.3 Å². The van der Waals surface area contributed by atoms with Crippen LogP contribution in [0.15, 0.2) is 47.8 Å². The number of pyridine rings is 2. The van der Waals surface area contributed by atoms with Gasteiger partial charge in [0.15, 0.2) is 0 Å². The number of rotatable bonds is 8. The van der Waals surface area contributed by atoms with Crippen LogP contribution in [0.5, 0.6) is 5.75 Å². The molecule has 5 rings (SSSR count). The number of ether oxygens (including phenoxy) is 1. The Kier molecular flexibility index (Phi) is 6.62. The molecule has 180 valence electrons. The monoisotopic (exact) mass is 463 g/mol. The van der Waals surface area contributed by atoms with E-state index in [1.807, 2.05) is 31.5 Å². The average Bonchev–Trinajstić information content (AvgIpc) is 3.33. The highest BCUT2D eigenvalue weighted by Crippen LogP contribution is 2.26. The fourth-order valence-corrected chi connectivity index (χ4v) is 4.78. The number of methoxy groups -OCH3 is 1. The van der Waals surface area contributed by atoms with E-state index in [2.05, 4.69) is 25.5 Å². The standard InChI is InChI=1S/C25H33N7O2/c1-18(32-17-24(28-29-32)20-11-23(34-2)15-26-14-20)31-10-8-22(12-25(31)33)30-9-4-7-21(16-30)27-13-19-5-3-6-19/h8,10-12,14-15,17-19,21,27H,3-7,9,13,16H2,1-2H3/t18?,21-/m1/s1. The first-order valence-corrected chi connectivity index (χ1v) is 12.2. The quantitative estimate of drug-likeness (QED) is 0.549. The summed E-state index contributed by atoms with van der Waals surface area (Å²) in [6.45, 7) is 5.00. The van der Waals surface area contributed by atoms with Crippen molar-refractivity contribution in [2.24, 2.45) is 5.92 Å². The SMILES string of the molecule is COc1cncc(-c2cn(C(C)n3ccc(N4CCC[C@@H](NCC5CCC5)C4)cc3=O)nn2)c1. The van der Waals surface area contributed by atoms with Crippen LogP contribution in [0.2, 0.25) is 0 Å². The van der Waals surface area contributed by atoms with Crippen molar-refractivity contribution >= 4 is 5.69 Å². The third kappa shape index (κ3) is 4.84. The molecule has 3 aromatic heterocycles. The molecule has 4 heterocycles. The maximum atomic E-state index is 13.0. The maximum Gasteiger partial charge on any atom is 0.254 e. The molecule has 2 aliphatic rings. The van der Waals surface area contributed by atoms with Crippen LogP contribution in [0.4, 0.5) is 5.69 Å². The number of piperidine rings is 1. The van der Waals surface area contributed by atoms with E-state index in [1.165, 1.54) is 25.7 Å². The Morgan fingerprint density at radius 3 is 2.85 bits per heavy atom. The summed E-state index contributed by atoms with van der Waals surface area (Å²) in [7, 11) is 1.60. The maximum absolute atomic E-state index is 13.0. The Morgan fingerprint density at radius 2 is 2.09 bits per heavy atom. The van der Waals surface area contributed by atoms with E-state index in [4.69, 9.17) is 4.74 Å². The van der Waals surface area contributed by atoms with Crippen molar-refractivity contribution < 1.29 is 4.74 Å². The number of anilines is 1. The van der Waals surface area contributed by atoms with Crippen LogP contribution in [-0.4, -0.2) is 57.3 Å². The van der Waals surface area contributed by atoms with Crippen molar-refractivity contribution in [3.63, 3.8) is 0 Å². The second-order valence-electron chi connectivity index (χ2n) is 9.45. The summed E-state index contributed by atoms with van der Waals surface area (Å²) in [5, 5.41) is 12.3. The van der Waals surface area contributed by atoms with Gasteiger partial charge in [0.1, 0.15) is 17.6 Å². The molecule has 0 aromatic carbocycles. The minimum atomic E-state index is -0.306. The largest absolute Gasteiger partial charge is 0.495 e. The van der Waals surface area contributed by atoms with Gasteiger partial charge >= 0.3 is 0 Å². The molecular weight excluding hydrogens is 430 g/mol. The number of nitrogens with one attached hydrogen (secondary N) is 1. The molecule has 3 aromatic rings. The van der Waals surface area contributed by atoms with Crippen LogP contribution in [0.3, 0.4) is 0 Å². The van der Waals surface area contributed by atoms with Gasteiger partial charge in [0.05, 0.1) is 19.5 Å². The summed E-state index contributed by atoms with van der Waals surface area (Å²) in [5.41, 5.74) is 2.43. The molecule has 1 N–H and O–H groups in total. The van der Waals surface area contributed by atoms with Crippen LogP contribution in [-0.2, 0) is 0 Å². The molecule has 1 unspecified atom stereocenters. The van der Waals surface area contributed by atoms with Crippen LogP contribution < -0.4 is 20.5 Å². The lowest BCUT2D eigenvalue weighted by Crippen LogP contribution is -2.47. The van der Waals surface area contributed by atoms with Gasteiger partial charge in [-0.25, -0.2) is 4.68 Å². The van der Waals surface area contributed by atoms with Crippen LogP contribution in [0.1, 0.15) is 45.2 Å². The first-order valence-electron chi connectivity index (χ1n) is 12.2. The molecule has 2 fully saturated rings. The Labute approximate surface area is 199 Å². The summed E-state index contributed by atoms with van der Waals surface area (Å²) in [6, 6.07) is 6.14. The molecule has 1 aliphatic heterocycles. The zero-order valence-electron chi connectivity index (χ0n) is 19.9. The fourth-order valence-electron chi connectivity index (χ4n) is 4.78. The highest BCUT2D eigenvalue weighted by atomic mass is 16.5. The predicted octanol–water partition coefficient (Wildman–Crippen LogP) is 2.94. The van der Waals surface area contributed by atoms with Gasteiger partial charge in [-0.15, -0.1) is 5.10 Å². The molecule has 1 aliphatic carbocycles. The lowest BCUT2D eigenvalue weighted by atomic mass is 9.85. The molecule has 1 saturated carbocycles. The van der Waals surface area contributed by atoms with E-state index in [9.17, 15) is 4.79 Å². The lowest BCUT2D eigenvalue weighted by molar-refractivity contribution is 0.280. The first-order chi connectivity index (χ1) is 16.6. The zero-order valence-corrected chi connectivity index (χ0v) is 19.9. The summed E-state index contributed by atoms with van der Waals surface area (Å²) in [5.74, 6) is 1.52. The van der Waals surface area contributed by atoms with E-state index in [0.29, 0.717) is 17.5 Å². The van der Waals surface area contributed by atoms with Crippen LogP contribution in [0, 0.1) is 5.92 Å². The van der Waals surface area contributed by atoms with Gasteiger partial charge in [-0.1, -0.05) is 11.6 Å². The van der Waals surface area contributed by atoms with Gasteiger partial charge in [0.25, 0.3) is 5.56 Å². The first kappa shape index (κ1) is 22.6. The van der Waals surface area contributed by atoms with Crippen molar-refractivity contribution in [2.75, 3.05) is 31.6 Å². The van der Waals surface area contributed by atoms with Crippen molar-refractivity contribution in [1.29, 1.82) is 0 Å². The Hall–Kier alpha value is -3.20. The van der Waals surface area contributed by atoms with Crippen molar-refractivity contribution in [2.45, 2.75) is 51.2 Å². The minimum absolute atomic E-state index is 0.0466. The highest BCUT2D eigenvalue weighted by Gasteiger charge is 2.23. The summed E-state index contributed by atoms with van der Waals surface area (Å²) >= 11 is 0. The molecule has 0 bridgehead atoms. The third-order valence-corrected chi connectivity index (χ3v) is 7.18. The number of aromatic nitrogens is 5. The van der Waals surface area contributed by atoms with E-state index in [-0.39, 0.29) is 11.7 Å². The smallest absolute Gasteiger partial charge is 0.254 e. The Balaban J connectivity index is 1.27. The molecule has 9 heteroatoms. The molecule has 0 amide bonds. The molecule has 0 spiro atoms. The molecule has 1 saturated heterocycles. The van der Waals surface area contributed by atoms with Crippen molar-refractivity contribution in [1.82, 2.24) is 29.9 Å². The number of hydrogen-bond acceptors (Lipinski definition) is 7. The summed E-state index contributed by atoms with van der Waals surface area (Å²) in [6.07, 6.45) is 13.2. The van der Waals surface area contributed by atoms with Crippen molar-refractivity contribution in [3.05, 3.63) is 53.3 Å². The molecule has 9 nitrogen and oxygen atoms in total.